The molecule has 0 spiro atoms. The quantitative estimate of drug-likeness (QED) is 0.176. The number of amides is 2. The lowest BCUT2D eigenvalue weighted by Crippen LogP contribution is -2.57. The Morgan fingerprint density at radius 3 is 2.40 bits per heavy atom. The van der Waals surface area contributed by atoms with Gasteiger partial charge in [0.15, 0.2) is 11.5 Å². The first kappa shape index (κ1) is 35.6. The number of fused-ring (bicyclic) bond motifs is 2. The summed E-state index contributed by atoms with van der Waals surface area (Å²) < 4.78 is 59.6. The third kappa shape index (κ3) is 8.28. The first-order valence-corrected chi connectivity index (χ1v) is 18.1. The Morgan fingerprint density at radius 2 is 1.71 bits per heavy atom. The van der Waals surface area contributed by atoms with Gasteiger partial charge in [-0.05, 0) is 35.7 Å². The van der Waals surface area contributed by atoms with Gasteiger partial charge in [0.2, 0.25) is 21.7 Å². The van der Waals surface area contributed by atoms with Crippen LogP contribution in [0.3, 0.4) is 0 Å². The molecular formula is C31H32Cl2N4O9S2. The largest absolute Gasteiger partial charge is 0.486 e. The molecule has 0 saturated heterocycles. The number of rotatable bonds is 13. The van der Waals surface area contributed by atoms with E-state index in [0.717, 1.165) is 4.31 Å². The Kier molecular flexibility index (Phi) is 11.6. The maximum Gasteiger partial charge on any atom is 0.289 e. The van der Waals surface area contributed by atoms with E-state index in [4.69, 9.17) is 36.9 Å². The summed E-state index contributed by atoms with van der Waals surface area (Å²) in [7, 11) is -4.12. The van der Waals surface area contributed by atoms with Crippen molar-refractivity contribution in [2.45, 2.75) is 36.7 Å². The molecule has 17 heteroatoms. The first-order valence-electron chi connectivity index (χ1n) is 14.9. The van der Waals surface area contributed by atoms with Crippen molar-refractivity contribution in [2.75, 3.05) is 32.8 Å². The van der Waals surface area contributed by atoms with Gasteiger partial charge in [0.05, 0.1) is 14.9 Å². The molecule has 0 aliphatic carbocycles. The van der Waals surface area contributed by atoms with Crippen molar-refractivity contribution < 1.29 is 40.7 Å². The molecule has 2 aliphatic rings. The van der Waals surface area contributed by atoms with Gasteiger partial charge in [-0.3, -0.25) is 14.4 Å². The molecule has 0 saturated carbocycles. The van der Waals surface area contributed by atoms with Gasteiger partial charge in [-0.15, -0.1) is 0 Å². The SMILES string of the molecule is CCN1C(C(=O)NC(Cc2ccccc2)C(=O)C(=O)NCCNS(=O)Oc2ccc(Cl)c(Cl)c2)Cc2cc3c(cc2S1(=O)=O)OCCO3. The average Bonchev–Trinajstić information content (AvgIpc) is 3.07. The van der Waals surface area contributed by atoms with Crippen LogP contribution in [0.15, 0.2) is 65.6 Å². The van der Waals surface area contributed by atoms with E-state index in [1.54, 1.807) is 43.3 Å². The highest BCUT2D eigenvalue weighted by Gasteiger charge is 2.43. The summed E-state index contributed by atoms with van der Waals surface area (Å²) in [6.07, 6.45) is -0.0180. The Balaban J connectivity index is 1.25. The topological polar surface area (TPSA) is 169 Å². The zero-order chi connectivity index (χ0) is 34.4. The van der Waals surface area contributed by atoms with Crippen LogP contribution in [0.25, 0.3) is 0 Å². The lowest BCUT2D eigenvalue weighted by molar-refractivity contribution is -0.140. The molecule has 3 atom stereocenters. The minimum atomic E-state index is -4.12. The van der Waals surface area contributed by atoms with E-state index in [2.05, 4.69) is 15.4 Å². The highest BCUT2D eigenvalue weighted by molar-refractivity contribution is 7.89. The second kappa shape index (κ2) is 15.7. The zero-order valence-corrected chi connectivity index (χ0v) is 28.7. The van der Waals surface area contributed by atoms with Crippen molar-refractivity contribution in [3.05, 3.63) is 81.8 Å². The molecule has 3 aromatic rings. The van der Waals surface area contributed by atoms with Gasteiger partial charge in [0.1, 0.15) is 31.0 Å². The molecule has 2 amide bonds. The summed E-state index contributed by atoms with van der Waals surface area (Å²) in [4.78, 5) is 40.2. The predicted octanol–water partition coefficient (Wildman–Crippen LogP) is 2.36. The number of Topliss-reactive ketones (excluding diaryl/α,β-unsaturated/α-hetero) is 1. The Bertz CT molecular complexity index is 1830. The number of likely N-dealkylation sites (N-methyl/N-ethyl adjacent to an activating group) is 1. The summed E-state index contributed by atoms with van der Waals surface area (Å²) in [6.45, 7) is 2.03. The highest BCUT2D eigenvalue weighted by atomic mass is 35.5. The number of ether oxygens (including phenoxy) is 2. The van der Waals surface area contributed by atoms with Gasteiger partial charge in [0, 0.05) is 38.2 Å². The second-order valence-electron chi connectivity index (χ2n) is 10.7. The Morgan fingerprint density at radius 1 is 1.00 bits per heavy atom. The number of hydrogen-bond acceptors (Lipinski definition) is 9. The van der Waals surface area contributed by atoms with Crippen molar-refractivity contribution >= 4 is 62.1 Å². The fraction of sp³-hybridized carbons (Fsp3) is 0.323. The summed E-state index contributed by atoms with van der Waals surface area (Å²) >= 11 is 9.81. The van der Waals surface area contributed by atoms with E-state index in [1.807, 2.05) is 0 Å². The molecule has 0 bridgehead atoms. The van der Waals surface area contributed by atoms with Gasteiger partial charge in [0.25, 0.3) is 17.2 Å². The zero-order valence-electron chi connectivity index (χ0n) is 25.6. The molecule has 48 heavy (non-hydrogen) atoms. The second-order valence-corrected chi connectivity index (χ2v) is 14.3. The van der Waals surface area contributed by atoms with Crippen LogP contribution in [0.2, 0.25) is 10.0 Å². The van der Waals surface area contributed by atoms with Crippen molar-refractivity contribution in [1.29, 1.82) is 0 Å². The van der Waals surface area contributed by atoms with Gasteiger partial charge in [-0.2, -0.15) is 8.51 Å². The van der Waals surface area contributed by atoms with E-state index < -0.39 is 51.0 Å². The molecule has 3 N–H and O–H groups in total. The van der Waals surface area contributed by atoms with Crippen LogP contribution in [0.1, 0.15) is 18.1 Å². The van der Waals surface area contributed by atoms with Crippen molar-refractivity contribution in [3.8, 4) is 17.2 Å². The summed E-state index contributed by atoms with van der Waals surface area (Å²) in [5.74, 6) is -1.78. The van der Waals surface area contributed by atoms with Gasteiger partial charge >= 0.3 is 0 Å². The highest BCUT2D eigenvalue weighted by Crippen LogP contribution is 2.39. The molecule has 3 aromatic carbocycles. The Hall–Kier alpha value is -3.73. The third-order valence-corrected chi connectivity index (χ3v) is 11.1. The minimum absolute atomic E-state index is 0.0103. The van der Waals surface area contributed by atoms with E-state index in [0.29, 0.717) is 34.3 Å². The number of nitrogens with one attached hydrogen (secondary N) is 3. The van der Waals surface area contributed by atoms with Gasteiger partial charge < -0.3 is 24.3 Å². The summed E-state index contributed by atoms with van der Waals surface area (Å²) in [5, 5.41) is 5.61. The summed E-state index contributed by atoms with van der Waals surface area (Å²) in [5.41, 5.74) is 1.04. The van der Waals surface area contributed by atoms with Crippen LogP contribution < -0.4 is 29.0 Å². The normalized spacial score (nSPS) is 17.8. The van der Waals surface area contributed by atoms with Crippen molar-refractivity contribution in [3.63, 3.8) is 0 Å². The molecule has 3 unspecified atom stereocenters. The van der Waals surface area contributed by atoms with E-state index in [-0.39, 0.29) is 54.8 Å². The van der Waals surface area contributed by atoms with Gasteiger partial charge in [-0.1, -0.05) is 60.5 Å². The third-order valence-electron chi connectivity index (χ3n) is 7.52. The number of ketones is 1. The van der Waals surface area contributed by atoms with Crippen LogP contribution in [0.4, 0.5) is 0 Å². The fourth-order valence-electron chi connectivity index (χ4n) is 5.26. The number of hydrogen-bond donors (Lipinski definition) is 3. The first-order chi connectivity index (χ1) is 23.0. The minimum Gasteiger partial charge on any atom is -0.486 e. The lowest BCUT2D eigenvalue weighted by Gasteiger charge is -2.35. The molecule has 0 radical (unpaired) electrons. The van der Waals surface area contributed by atoms with Crippen molar-refractivity contribution in [2.24, 2.45) is 0 Å². The molecular weight excluding hydrogens is 707 g/mol. The Labute approximate surface area is 290 Å². The van der Waals surface area contributed by atoms with Crippen LogP contribution in [0.5, 0.6) is 17.2 Å². The predicted molar refractivity (Wildman–Crippen MR) is 178 cm³/mol. The molecule has 256 valence electrons. The molecule has 2 heterocycles. The standard InChI is InChI=1S/C31H32Cl2N4O9S2/c1-2-37-25(15-20-16-26-27(45-13-12-44-26)18-28(20)48(37,42)43)30(39)36-24(14-19-6-4-3-5-7-19)29(38)31(40)34-10-11-35-47(41)46-21-8-9-22(32)23(33)17-21/h3-9,16-18,24-25,35H,2,10-15H2,1H3,(H,34,40)(H,36,39). The van der Waals surface area contributed by atoms with Crippen LogP contribution in [-0.2, 0) is 48.5 Å². The van der Waals surface area contributed by atoms with Crippen LogP contribution >= 0.6 is 23.2 Å². The number of sulfonamides is 1. The number of benzene rings is 3. The maximum atomic E-state index is 13.8. The van der Waals surface area contributed by atoms with Crippen LogP contribution in [-0.4, -0.2) is 79.5 Å². The molecule has 5 rings (SSSR count). The number of nitrogens with zero attached hydrogens (tertiary/aromatic N) is 1. The molecule has 0 aromatic heterocycles. The number of carbonyl (C=O) groups is 3. The summed E-state index contributed by atoms with van der Waals surface area (Å²) in [6, 6.07) is 13.6. The molecule has 13 nitrogen and oxygen atoms in total. The average molecular weight is 740 g/mol. The smallest absolute Gasteiger partial charge is 0.289 e. The van der Waals surface area contributed by atoms with Crippen LogP contribution in [0, 0.1) is 0 Å². The van der Waals surface area contributed by atoms with E-state index in [9.17, 15) is 27.0 Å². The maximum absolute atomic E-state index is 13.8. The van der Waals surface area contributed by atoms with Gasteiger partial charge in [-0.25, -0.2) is 13.1 Å². The molecule has 2 aliphatic heterocycles. The molecule has 0 fully saturated rings. The lowest BCUT2D eigenvalue weighted by atomic mass is 9.99. The van der Waals surface area contributed by atoms with Crippen molar-refractivity contribution in [1.82, 2.24) is 19.7 Å². The van der Waals surface area contributed by atoms with E-state index >= 15 is 0 Å². The fourth-order valence-corrected chi connectivity index (χ4v) is 7.98. The monoisotopic (exact) mass is 738 g/mol. The number of halogens is 2. The van der Waals surface area contributed by atoms with E-state index in [1.165, 1.54) is 24.3 Å². The number of carbonyl (C=O) groups excluding carboxylic acids is 3.